The van der Waals surface area contributed by atoms with Gasteiger partial charge < -0.3 is 5.73 Å². The molecular formula is C12H17ClF2N2O2S. The monoisotopic (exact) mass is 326 g/mol. The van der Waals surface area contributed by atoms with E-state index in [9.17, 15) is 17.2 Å². The van der Waals surface area contributed by atoms with Gasteiger partial charge in [0.25, 0.3) is 5.92 Å². The van der Waals surface area contributed by atoms with Crippen LogP contribution < -0.4 is 10.5 Å². The number of alkyl halides is 2. The Morgan fingerprint density at radius 2 is 2.00 bits per heavy atom. The molecule has 4 nitrogen and oxygen atoms in total. The number of rotatable bonds is 6. The summed E-state index contributed by atoms with van der Waals surface area (Å²) < 4.78 is 51.9. The summed E-state index contributed by atoms with van der Waals surface area (Å²) in [6, 6.07) is 4.52. The summed E-state index contributed by atoms with van der Waals surface area (Å²) in [5.74, 6) is -3.21. The third-order valence-electron chi connectivity index (χ3n) is 2.73. The number of nitrogens with one attached hydrogen (secondary N) is 1. The maximum atomic E-state index is 13.0. The average Bonchev–Trinajstić information content (AvgIpc) is 2.37. The summed E-state index contributed by atoms with van der Waals surface area (Å²) in [6.07, 6.45) is 0. The Kier molecular flexibility index (Phi) is 5.48. The van der Waals surface area contributed by atoms with Gasteiger partial charge in [0, 0.05) is 0 Å². The molecule has 0 aliphatic heterocycles. The first-order valence-corrected chi connectivity index (χ1v) is 7.82. The molecule has 0 unspecified atom stereocenters. The zero-order valence-electron chi connectivity index (χ0n) is 11.2. The molecule has 0 radical (unpaired) electrons. The van der Waals surface area contributed by atoms with Gasteiger partial charge in [0.2, 0.25) is 10.0 Å². The van der Waals surface area contributed by atoms with Gasteiger partial charge in [0.05, 0.1) is 18.1 Å². The van der Waals surface area contributed by atoms with Crippen LogP contribution in [0.15, 0.2) is 23.1 Å². The molecule has 0 aliphatic carbocycles. The van der Waals surface area contributed by atoms with Crippen LogP contribution in [0.4, 0.5) is 8.78 Å². The van der Waals surface area contributed by atoms with Crippen molar-refractivity contribution in [3.63, 3.8) is 0 Å². The van der Waals surface area contributed by atoms with Crippen LogP contribution in [0.3, 0.4) is 0 Å². The Morgan fingerprint density at radius 1 is 1.40 bits per heavy atom. The first-order valence-electron chi connectivity index (χ1n) is 5.96. The molecule has 0 saturated carbocycles. The van der Waals surface area contributed by atoms with Crippen LogP contribution in [0.2, 0.25) is 5.02 Å². The number of benzene rings is 1. The molecule has 1 aromatic carbocycles. The fraction of sp³-hybridized carbons (Fsp3) is 0.500. The minimum atomic E-state index is -4.11. The largest absolute Gasteiger partial charge is 0.325 e. The van der Waals surface area contributed by atoms with Gasteiger partial charge >= 0.3 is 0 Å². The summed E-state index contributed by atoms with van der Waals surface area (Å²) in [5, 5.41) is -0.0158. The van der Waals surface area contributed by atoms with E-state index in [1.54, 1.807) is 6.07 Å². The SMILES string of the molecule is CC(C)c1ccc(Cl)c(S(=O)(=O)NCC(F)(F)CN)c1. The molecule has 0 aliphatic rings. The van der Waals surface area contributed by atoms with E-state index in [4.69, 9.17) is 17.3 Å². The highest BCUT2D eigenvalue weighted by Gasteiger charge is 2.30. The second kappa shape index (κ2) is 6.34. The Balaban J connectivity index is 3.06. The molecule has 0 aromatic heterocycles. The van der Waals surface area contributed by atoms with Crippen molar-refractivity contribution in [2.75, 3.05) is 13.1 Å². The Hall–Kier alpha value is -0.760. The minimum absolute atomic E-state index is 0.0158. The molecule has 1 rings (SSSR count). The third kappa shape index (κ3) is 4.37. The maximum Gasteiger partial charge on any atom is 0.273 e. The lowest BCUT2D eigenvalue weighted by molar-refractivity contribution is 0.0170. The lowest BCUT2D eigenvalue weighted by atomic mass is 10.0. The standard InChI is InChI=1S/C12H17ClF2N2O2S/c1-8(2)9-3-4-10(13)11(5-9)20(18,19)17-7-12(14,15)6-16/h3-5,8,17H,6-7,16H2,1-2H3. The maximum absolute atomic E-state index is 13.0. The number of hydrogen-bond donors (Lipinski definition) is 2. The van der Waals surface area contributed by atoms with E-state index in [-0.39, 0.29) is 15.8 Å². The van der Waals surface area contributed by atoms with Crippen molar-refractivity contribution in [3.05, 3.63) is 28.8 Å². The van der Waals surface area contributed by atoms with Crippen LogP contribution in [0.1, 0.15) is 25.3 Å². The molecule has 1 aromatic rings. The van der Waals surface area contributed by atoms with Gasteiger partial charge in [-0.15, -0.1) is 0 Å². The zero-order valence-corrected chi connectivity index (χ0v) is 12.7. The molecule has 0 bridgehead atoms. The van der Waals surface area contributed by atoms with E-state index < -0.39 is 29.0 Å². The zero-order chi connectivity index (χ0) is 15.6. The van der Waals surface area contributed by atoms with Crippen molar-refractivity contribution >= 4 is 21.6 Å². The average molecular weight is 327 g/mol. The highest BCUT2D eigenvalue weighted by Crippen LogP contribution is 2.26. The summed E-state index contributed by atoms with van der Waals surface area (Å²) in [5.41, 5.74) is 5.61. The van der Waals surface area contributed by atoms with Gasteiger partial charge in [0.15, 0.2) is 0 Å². The molecule has 0 saturated heterocycles. The van der Waals surface area contributed by atoms with E-state index in [0.717, 1.165) is 5.56 Å². The molecule has 0 spiro atoms. The Labute approximate surface area is 122 Å². The van der Waals surface area contributed by atoms with E-state index in [0.29, 0.717) is 0 Å². The molecule has 0 fully saturated rings. The third-order valence-corrected chi connectivity index (χ3v) is 4.61. The van der Waals surface area contributed by atoms with Crippen molar-refractivity contribution in [2.45, 2.75) is 30.6 Å². The van der Waals surface area contributed by atoms with Crippen molar-refractivity contribution in [1.29, 1.82) is 0 Å². The number of hydrogen-bond acceptors (Lipinski definition) is 3. The Bertz CT molecular complexity index is 577. The predicted octanol–water partition coefficient (Wildman–Crippen LogP) is 2.34. The second-order valence-corrected chi connectivity index (χ2v) is 6.87. The fourth-order valence-electron chi connectivity index (χ4n) is 1.44. The highest BCUT2D eigenvalue weighted by molar-refractivity contribution is 7.89. The smallest absolute Gasteiger partial charge is 0.273 e. The minimum Gasteiger partial charge on any atom is -0.325 e. The van der Waals surface area contributed by atoms with Crippen LogP contribution in [0.25, 0.3) is 0 Å². The summed E-state index contributed by atoms with van der Waals surface area (Å²) >= 11 is 5.84. The van der Waals surface area contributed by atoms with Crippen molar-refractivity contribution < 1.29 is 17.2 Å². The quantitative estimate of drug-likeness (QED) is 0.842. The summed E-state index contributed by atoms with van der Waals surface area (Å²) in [4.78, 5) is -0.210. The van der Waals surface area contributed by atoms with Crippen LogP contribution in [-0.2, 0) is 10.0 Å². The molecule has 0 amide bonds. The molecule has 8 heteroatoms. The number of sulfonamides is 1. The molecule has 3 N–H and O–H groups in total. The van der Waals surface area contributed by atoms with Gasteiger partial charge in [-0.05, 0) is 23.6 Å². The van der Waals surface area contributed by atoms with Gasteiger partial charge in [-0.1, -0.05) is 31.5 Å². The fourth-order valence-corrected chi connectivity index (χ4v) is 3.03. The molecule has 0 heterocycles. The van der Waals surface area contributed by atoms with Gasteiger partial charge in [-0.3, -0.25) is 0 Å². The highest BCUT2D eigenvalue weighted by atomic mass is 35.5. The van der Waals surface area contributed by atoms with Gasteiger partial charge in [0.1, 0.15) is 4.90 Å². The topological polar surface area (TPSA) is 72.2 Å². The molecule has 0 atom stereocenters. The van der Waals surface area contributed by atoms with Crippen molar-refractivity contribution in [1.82, 2.24) is 4.72 Å². The van der Waals surface area contributed by atoms with E-state index in [1.807, 2.05) is 18.6 Å². The van der Waals surface area contributed by atoms with Crippen LogP contribution in [0.5, 0.6) is 0 Å². The second-order valence-electron chi connectivity index (χ2n) is 4.73. The van der Waals surface area contributed by atoms with E-state index >= 15 is 0 Å². The van der Waals surface area contributed by atoms with Gasteiger partial charge in [-0.25, -0.2) is 21.9 Å². The predicted molar refractivity (Wildman–Crippen MR) is 74.7 cm³/mol. The number of halogens is 3. The summed E-state index contributed by atoms with van der Waals surface area (Å²) in [6.45, 7) is 1.77. The molecule has 114 valence electrons. The Morgan fingerprint density at radius 3 is 2.50 bits per heavy atom. The summed E-state index contributed by atoms with van der Waals surface area (Å²) in [7, 11) is -4.11. The van der Waals surface area contributed by atoms with Crippen LogP contribution in [0, 0.1) is 0 Å². The lowest BCUT2D eigenvalue weighted by Crippen LogP contribution is -2.41. The van der Waals surface area contributed by atoms with Gasteiger partial charge in [-0.2, -0.15) is 0 Å². The van der Waals surface area contributed by atoms with Crippen molar-refractivity contribution in [2.24, 2.45) is 5.73 Å². The van der Waals surface area contributed by atoms with E-state index in [1.165, 1.54) is 12.1 Å². The number of nitrogens with two attached hydrogens (primary N) is 1. The first kappa shape index (κ1) is 17.3. The lowest BCUT2D eigenvalue weighted by Gasteiger charge is -2.16. The normalized spacial score (nSPS) is 12.9. The molecular weight excluding hydrogens is 310 g/mol. The first-order chi connectivity index (χ1) is 9.09. The van der Waals surface area contributed by atoms with Crippen LogP contribution in [-0.4, -0.2) is 27.4 Å². The van der Waals surface area contributed by atoms with E-state index in [2.05, 4.69) is 0 Å². The molecule has 20 heavy (non-hydrogen) atoms. The van der Waals surface area contributed by atoms with Crippen molar-refractivity contribution in [3.8, 4) is 0 Å². The van der Waals surface area contributed by atoms with Crippen LogP contribution >= 0.6 is 11.6 Å².